The summed E-state index contributed by atoms with van der Waals surface area (Å²) >= 11 is 0. The number of likely N-dealkylation sites (tertiary alicyclic amines) is 1. The number of hydrogen-bond acceptors (Lipinski definition) is 4. The van der Waals surface area contributed by atoms with Crippen LogP contribution in [0.3, 0.4) is 0 Å². The summed E-state index contributed by atoms with van der Waals surface area (Å²) in [6.07, 6.45) is 0.180. The van der Waals surface area contributed by atoms with E-state index in [-0.39, 0.29) is 12.1 Å². The van der Waals surface area contributed by atoms with Gasteiger partial charge in [0.25, 0.3) is 0 Å². The summed E-state index contributed by atoms with van der Waals surface area (Å²) in [6.45, 7) is 5.35. The minimum absolute atomic E-state index is 0.0885. The van der Waals surface area contributed by atoms with Gasteiger partial charge in [0.1, 0.15) is 0 Å². The van der Waals surface area contributed by atoms with E-state index in [1.54, 1.807) is 19.0 Å². The monoisotopic (exact) mass is 270 g/mol. The van der Waals surface area contributed by atoms with E-state index < -0.39 is 0 Å². The number of urea groups is 1. The molecule has 0 radical (unpaired) electrons. The lowest BCUT2D eigenvalue weighted by molar-refractivity contribution is -0.0482. The van der Waals surface area contributed by atoms with Gasteiger partial charge in [0.05, 0.1) is 25.3 Å². The fourth-order valence-corrected chi connectivity index (χ4v) is 2.80. The smallest absolute Gasteiger partial charge is 0.319 e. The van der Waals surface area contributed by atoms with E-state index in [0.29, 0.717) is 6.04 Å². The van der Waals surface area contributed by atoms with Crippen LogP contribution in [0.5, 0.6) is 0 Å². The summed E-state index contributed by atoms with van der Waals surface area (Å²) in [5, 5.41) is 0. The average Bonchev–Trinajstić information content (AvgIpc) is 2.79. The quantitative estimate of drug-likeness (QED) is 0.700. The standard InChI is InChI=1S/C13H26N4O2/c1-14(2)5-6-16-7-8-19-12-10-17(9-11(12)16)13(18)15(3)4/h11-12H,5-10H2,1-4H3/t11-,12+/m0/s1. The number of nitrogens with zero attached hydrogens (tertiary/aromatic N) is 4. The molecule has 0 aliphatic carbocycles. The molecule has 2 aliphatic rings. The zero-order valence-corrected chi connectivity index (χ0v) is 12.5. The van der Waals surface area contributed by atoms with Crippen LogP contribution in [0.2, 0.25) is 0 Å². The zero-order chi connectivity index (χ0) is 14.0. The Kier molecular flexibility index (Phi) is 4.65. The molecule has 2 fully saturated rings. The maximum atomic E-state index is 12.0. The van der Waals surface area contributed by atoms with E-state index in [4.69, 9.17) is 4.74 Å². The molecule has 2 rings (SSSR count). The summed E-state index contributed by atoms with van der Waals surface area (Å²) in [7, 11) is 7.78. The Morgan fingerprint density at radius 1 is 1.26 bits per heavy atom. The first-order valence-corrected chi connectivity index (χ1v) is 6.95. The third-order valence-corrected chi connectivity index (χ3v) is 3.90. The summed E-state index contributed by atoms with van der Waals surface area (Å²) < 4.78 is 5.83. The van der Waals surface area contributed by atoms with Crippen LogP contribution in [0.1, 0.15) is 0 Å². The van der Waals surface area contributed by atoms with Gasteiger partial charge in [0.2, 0.25) is 0 Å². The van der Waals surface area contributed by atoms with E-state index in [0.717, 1.165) is 39.3 Å². The Labute approximate surface area is 115 Å². The average molecular weight is 270 g/mol. The molecule has 2 aliphatic heterocycles. The molecular weight excluding hydrogens is 244 g/mol. The molecular formula is C13H26N4O2. The fourth-order valence-electron chi connectivity index (χ4n) is 2.80. The normalized spacial score (nSPS) is 27.7. The molecule has 2 atom stereocenters. The van der Waals surface area contributed by atoms with Crippen LogP contribution < -0.4 is 0 Å². The topological polar surface area (TPSA) is 39.3 Å². The van der Waals surface area contributed by atoms with Crippen molar-refractivity contribution in [3.8, 4) is 0 Å². The van der Waals surface area contributed by atoms with Gasteiger partial charge >= 0.3 is 6.03 Å². The van der Waals surface area contributed by atoms with Gasteiger partial charge in [-0.1, -0.05) is 0 Å². The number of hydrogen-bond donors (Lipinski definition) is 0. The zero-order valence-electron chi connectivity index (χ0n) is 12.5. The lowest BCUT2D eigenvalue weighted by atomic mass is 10.1. The van der Waals surface area contributed by atoms with Crippen LogP contribution in [-0.2, 0) is 4.74 Å². The molecule has 2 amide bonds. The first-order chi connectivity index (χ1) is 8.99. The summed E-state index contributed by atoms with van der Waals surface area (Å²) in [4.78, 5) is 20.2. The van der Waals surface area contributed by atoms with Crippen LogP contribution in [0.25, 0.3) is 0 Å². The minimum Gasteiger partial charge on any atom is -0.373 e. The highest BCUT2D eigenvalue weighted by Crippen LogP contribution is 2.23. The molecule has 2 saturated heterocycles. The first kappa shape index (κ1) is 14.6. The number of rotatable bonds is 3. The molecule has 2 heterocycles. The lowest BCUT2D eigenvalue weighted by Crippen LogP contribution is -2.52. The van der Waals surface area contributed by atoms with Crippen molar-refractivity contribution in [3.05, 3.63) is 0 Å². The molecule has 0 aromatic rings. The molecule has 0 bridgehead atoms. The van der Waals surface area contributed by atoms with Crippen molar-refractivity contribution in [2.45, 2.75) is 12.1 Å². The third-order valence-electron chi connectivity index (χ3n) is 3.90. The van der Waals surface area contributed by atoms with Gasteiger partial charge in [0, 0.05) is 40.3 Å². The Bertz CT molecular complexity index is 322. The molecule has 0 unspecified atom stereocenters. The van der Waals surface area contributed by atoms with Gasteiger partial charge in [-0.05, 0) is 14.1 Å². The molecule has 110 valence electrons. The lowest BCUT2D eigenvalue weighted by Gasteiger charge is -2.37. The number of carbonyl (C=O) groups excluding carboxylic acids is 1. The van der Waals surface area contributed by atoms with Gasteiger partial charge < -0.3 is 19.4 Å². The molecule has 6 heteroatoms. The Morgan fingerprint density at radius 2 is 2.00 bits per heavy atom. The summed E-state index contributed by atoms with van der Waals surface area (Å²) in [6, 6.07) is 0.447. The Balaban J connectivity index is 1.94. The second kappa shape index (κ2) is 6.07. The Morgan fingerprint density at radius 3 is 2.63 bits per heavy atom. The molecule has 0 aromatic heterocycles. The minimum atomic E-state index is 0.0885. The SMILES string of the molecule is CN(C)CCN1CCO[C@@H]2CN(C(=O)N(C)C)C[C@@H]21. The highest BCUT2D eigenvalue weighted by atomic mass is 16.5. The maximum Gasteiger partial charge on any atom is 0.319 e. The van der Waals surface area contributed by atoms with Crippen LogP contribution in [0, 0.1) is 0 Å². The number of fused-ring (bicyclic) bond motifs is 1. The largest absolute Gasteiger partial charge is 0.373 e. The van der Waals surface area contributed by atoms with Gasteiger partial charge in [-0.3, -0.25) is 4.90 Å². The van der Waals surface area contributed by atoms with Crippen molar-refractivity contribution in [3.63, 3.8) is 0 Å². The van der Waals surface area contributed by atoms with Crippen molar-refractivity contribution in [1.29, 1.82) is 0 Å². The molecule has 0 saturated carbocycles. The second-order valence-electron chi connectivity index (χ2n) is 5.90. The first-order valence-electron chi connectivity index (χ1n) is 6.95. The summed E-state index contributed by atoms with van der Waals surface area (Å²) in [5.41, 5.74) is 0. The van der Waals surface area contributed by atoms with Crippen LogP contribution in [0.4, 0.5) is 4.79 Å². The maximum absolute atomic E-state index is 12.0. The van der Waals surface area contributed by atoms with Crippen molar-refractivity contribution < 1.29 is 9.53 Å². The molecule has 6 nitrogen and oxygen atoms in total. The van der Waals surface area contributed by atoms with Crippen molar-refractivity contribution >= 4 is 6.03 Å². The van der Waals surface area contributed by atoms with Crippen molar-refractivity contribution in [2.75, 3.05) is 67.5 Å². The molecule has 0 N–H and O–H groups in total. The Hall–Kier alpha value is -0.850. The number of ether oxygens (including phenoxy) is 1. The van der Waals surface area contributed by atoms with Gasteiger partial charge in [-0.25, -0.2) is 4.79 Å². The van der Waals surface area contributed by atoms with E-state index >= 15 is 0 Å². The summed E-state index contributed by atoms with van der Waals surface area (Å²) in [5.74, 6) is 0. The number of likely N-dealkylation sites (N-methyl/N-ethyl adjacent to an activating group) is 1. The van der Waals surface area contributed by atoms with Crippen LogP contribution in [0.15, 0.2) is 0 Å². The number of morpholine rings is 1. The molecule has 0 aromatic carbocycles. The van der Waals surface area contributed by atoms with Crippen LogP contribution in [-0.4, -0.2) is 105 Å². The highest BCUT2D eigenvalue weighted by molar-refractivity contribution is 5.74. The molecule has 19 heavy (non-hydrogen) atoms. The van der Waals surface area contributed by atoms with Gasteiger partial charge in [-0.15, -0.1) is 0 Å². The second-order valence-corrected chi connectivity index (χ2v) is 5.90. The predicted octanol–water partition coefficient (Wildman–Crippen LogP) is -0.385. The fraction of sp³-hybridized carbons (Fsp3) is 0.923. The van der Waals surface area contributed by atoms with Crippen molar-refractivity contribution in [1.82, 2.24) is 19.6 Å². The van der Waals surface area contributed by atoms with E-state index in [1.165, 1.54) is 0 Å². The third kappa shape index (κ3) is 3.38. The van der Waals surface area contributed by atoms with E-state index in [2.05, 4.69) is 23.9 Å². The van der Waals surface area contributed by atoms with E-state index in [1.807, 2.05) is 4.90 Å². The van der Waals surface area contributed by atoms with Gasteiger partial charge in [-0.2, -0.15) is 0 Å². The van der Waals surface area contributed by atoms with Crippen molar-refractivity contribution in [2.24, 2.45) is 0 Å². The van der Waals surface area contributed by atoms with Gasteiger partial charge in [0.15, 0.2) is 0 Å². The predicted molar refractivity (Wildman–Crippen MR) is 74.3 cm³/mol. The number of amides is 2. The highest BCUT2D eigenvalue weighted by Gasteiger charge is 2.41. The number of carbonyl (C=O) groups is 1. The van der Waals surface area contributed by atoms with Crippen LogP contribution >= 0.6 is 0 Å². The molecule has 0 spiro atoms. The van der Waals surface area contributed by atoms with E-state index in [9.17, 15) is 4.79 Å².